The maximum Gasteiger partial charge on any atom is 0.248 e. The Morgan fingerprint density at radius 2 is 2.13 bits per heavy atom. The van der Waals surface area contributed by atoms with Crippen LogP contribution in [0.2, 0.25) is 0 Å². The van der Waals surface area contributed by atoms with E-state index in [-0.39, 0.29) is 12.7 Å². The van der Waals surface area contributed by atoms with Gasteiger partial charge in [0.2, 0.25) is 5.91 Å². The molecule has 4 heteroatoms. The van der Waals surface area contributed by atoms with Crippen LogP contribution >= 0.6 is 0 Å². The van der Waals surface area contributed by atoms with E-state index in [1.54, 1.807) is 18.2 Å². The molecule has 0 spiro atoms. The molecule has 1 rings (SSSR count). The van der Waals surface area contributed by atoms with Crippen molar-refractivity contribution in [2.24, 2.45) is 5.73 Å². The molecule has 1 aromatic carbocycles. The molecule has 0 aliphatic rings. The van der Waals surface area contributed by atoms with Crippen LogP contribution in [0, 0.1) is 0 Å². The van der Waals surface area contributed by atoms with Crippen LogP contribution in [0.3, 0.4) is 0 Å². The molecule has 82 valence electrons. The molecule has 0 fully saturated rings. The van der Waals surface area contributed by atoms with E-state index in [4.69, 9.17) is 15.6 Å². The number of benzene rings is 1. The molecule has 4 nitrogen and oxygen atoms in total. The van der Waals surface area contributed by atoms with Crippen LogP contribution in [-0.4, -0.2) is 17.1 Å². The second-order valence-electron chi connectivity index (χ2n) is 3.55. The van der Waals surface area contributed by atoms with Gasteiger partial charge in [0.1, 0.15) is 5.75 Å². The number of amides is 1. The van der Waals surface area contributed by atoms with Gasteiger partial charge >= 0.3 is 0 Å². The quantitative estimate of drug-likeness (QED) is 0.778. The Balaban J connectivity index is 3.05. The average molecular weight is 209 g/mol. The van der Waals surface area contributed by atoms with Crippen LogP contribution < -0.4 is 10.5 Å². The van der Waals surface area contributed by atoms with Crippen LogP contribution in [0.5, 0.6) is 5.75 Å². The highest BCUT2D eigenvalue weighted by molar-refractivity contribution is 5.93. The molecule has 0 bridgehead atoms. The highest BCUT2D eigenvalue weighted by Crippen LogP contribution is 2.18. The molecular formula is C11H15NO3. The van der Waals surface area contributed by atoms with Crippen molar-refractivity contribution >= 4 is 5.91 Å². The Hall–Kier alpha value is -1.55. The lowest BCUT2D eigenvalue weighted by molar-refractivity contribution is 0.0999. The zero-order valence-electron chi connectivity index (χ0n) is 8.86. The molecule has 15 heavy (non-hydrogen) atoms. The van der Waals surface area contributed by atoms with Crippen LogP contribution in [0.25, 0.3) is 0 Å². The third kappa shape index (κ3) is 3.25. The van der Waals surface area contributed by atoms with Gasteiger partial charge in [-0.05, 0) is 37.6 Å². The molecule has 0 aromatic heterocycles. The number of aliphatic hydroxyl groups is 1. The molecule has 1 aromatic rings. The summed E-state index contributed by atoms with van der Waals surface area (Å²) in [6, 6.07) is 4.81. The first-order valence-corrected chi connectivity index (χ1v) is 4.74. The molecule has 1 amide bonds. The van der Waals surface area contributed by atoms with Crippen molar-refractivity contribution in [3.8, 4) is 5.75 Å². The van der Waals surface area contributed by atoms with Crippen LogP contribution in [0.4, 0.5) is 0 Å². The molecule has 0 unspecified atom stereocenters. The van der Waals surface area contributed by atoms with Gasteiger partial charge in [0.25, 0.3) is 0 Å². The average Bonchev–Trinajstić information content (AvgIpc) is 2.16. The highest BCUT2D eigenvalue weighted by atomic mass is 16.5. The van der Waals surface area contributed by atoms with Crippen molar-refractivity contribution in [2.45, 2.75) is 26.6 Å². The van der Waals surface area contributed by atoms with Crippen LogP contribution in [-0.2, 0) is 6.61 Å². The standard InChI is InChI=1S/C11H15NO3/c1-7(2)15-10-4-8(6-13)3-9(5-10)11(12)14/h3-5,7,13H,6H2,1-2H3,(H2,12,14). The molecule has 0 heterocycles. The number of ether oxygens (including phenoxy) is 1. The molecule has 0 saturated carbocycles. The maximum absolute atomic E-state index is 11.0. The van der Waals surface area contributed by atoms with Crippen molar-refractivity contribution in [1.29, 1.82) is 0 Å². The smallest absolute Gasteiger partial charge is 0.248 e. The monoisotopic (exact) mass is 209 g/mol. The SMILES string of the molecule is CC(C)Oc1cc(CO)cc(C(N)=O)c1. The number of hydrogen-bond donors (Lipinski definition) is 2. The summed E-state index contributed by atoms with van der Waals surface area (Å²) in [5.74, 6) is 0.0178. The molecular weight excluding hydrogens is 194 g/mol. The minimum absolute atomic E-state index is 0.0136. The molecule has 3 N–H and O–H groups in total. The number of nitrogens with two attached hydrogens (primary N) is 1. The van der Waals surface area contributed by atoms with E-state index in [9.17, 15) is 4.79 Å². The van der Waals surface area contributed by atoms with Gasteiger partial charge in [-0.2, -0.15) is 0 Å². The van der Waals surface area contributed by atoms with E-state index in [1.165, 1.54) is 0 Å². The number of aliphatic hydroxyl groups excluding tert-OH is 1. The highest BCUT2D eigenvalue weighted by Gasteiger charge is 2.06. The third-order valence-electron chi connectivity index (χ3n) is 1.81. The minimum Gasteiger partial charge on any atom is -0.491 e. The summed E-state index contributed by atoms with van der Waals surface area (Å²) in [6.07, 6.45) is 0.0136. The summed E-state index contributed by atoms with van der Waals surface area (Å²) in [4.78, 5) is 11.0. The fourth-order valence-electron chi connectivity index (χ4n) is 1.23. The predicted octanol–water partition coefficient (Wildman–Crippen LogP) is 1.06. The summed E-state index contributed by atoms with van der Waals surface area (Å²) in [7, 11) is 0. The fraction of sp³-hybridized carbons (Fsp3) is 0.364. The number of primary amides is 1. The Bertz CT molecular complexity index is 361. The Morgan fingerprint density at radius 3 is 2.60 bits per heavy atom. The maximum atomic E-state index is 11.0. The van der Waals surface area contributed by atoms with Gasteiger partial charge < -0.3 is 15.6 Å². The van der Waals surface area contributed by atoms with Crippen molar-refractivity contribution in [3.63, 3.8) is 0 Å². The number of carbonyl (C=O) groups is 1. The molecule has 0 atom stereocenters. The lowest BCUT2D eigenvalue weighted by Crippen LogP contribution is -2.13. The second-order valence-corrected chi connectivity index (χ2v) is 3.55. The molecule has 0 aliphatic carbocycles. The number of hydrogen-bond acceptors (Lipinski definition) is 3. The Morgan fingerprint density at radius 1 is 1.47 bits per heavy atom. The first-order chi connectivity index (χ1) is 7.02. The van der Waals surface area contributed by atoms with Gasteiger partial charge in [0.05, 0.1) is 12.7 Å². The summed E-state index contributed by atoms with van der Waals surface area (Å²) in [5.41, 5.74) is 6.12. The number of carbonyl (C=O) groups excluding carboxylic acids is 1. The van der Waals surface area contributed by atoms with E-state index in [1.807, 2.05) is 13.8 Å². The van der Waals surface area contributed by atoms with E-state index < -0.39 is 5.91 Å². The lowest BCUT2D eigenvalue weighted by atomic mass is 10.1. The van der Waals surface area contributed by atoms with Crippen molar-refractivity contribution in [2.75, 3.05) is 0 Å². The summed E-state index contributed by atoms with van der Waals surface area (Å²) >= 11 is 0. The van der Waals surface area contributed by atoms with Crippen LogP contribution in [0.15, 0.2) is 18.2 Å². The van der Waals surface area contributed by atoms with E-state index >= 15 is 0 Å². The van der Waals surface area contributed by atoms with Gasteiger partial charge in [-0.1, -0.05) is 0 Å². The van der Waals surface area contributed by atoms with E-state index in [0.29, 0.717) is 16.9 Å². The summed E-state index contributed by atoms with van der Waals surface area (Å²) in [5, 5.41) is 8.99. The molecule has 0 radical (unpaired) electrons. The van der Waals surface area contributed by atoms with Crippen molar-refractivity contribution in [3.05, 3.63) is 29.3 Å². The summed E-state index contributed by atoms with van der Waals surface area (Å²) < 4.78 is 5.43. The van der Waals surface area contributed by atoms with E-state index in [0.717, 1.165) is 0 Å². The van der Waals surface area contributed by atoms with Gasteiger partial charge in [-0.25, -0.2) is 0 Å². The second kappa shape index (κ2) is 4.79. The predicted molar refractivity (Wildman–Crippen MR) is 56.6 cm³/mol. The molecule has 0 saturated heterocycles. The topological polar surface area (TPSA) is 72.6 Å². The Labute approximate surface area is 88.7 Å². The van der Waals surface area contributed by atoms with Gasteiger partial charge in [-0.15, -0.1) is 0 Å². The third-order valence-corrected chi connectivity index (χ3v) is 1.81. The first-order valence-electron chi connectivity index (χ1n) is 4.74. The Kier molecular flexibility index (Phi) is 3.68. The minimum atomic E-state index is -0.529. The van der Waals surface area contributed by atoms with E-state index in [2.05, 4.69) is 0 Å². The van der Waals surface area contributed by atoms with Crippen molar-refractivity contribution < 1.29 is 14.6 Å². The molecule has 0 aliphatic heterocycles. The number of rotatable bonds is 4. The lowest BCUT2D eigenvalue weighted by Gasteiger charge is -2.11. The zero-order chi connectivity index (χ0) is 11.4. The largest absolute Gasteiger partial charge is 0.491 e. The van der Waals surface area contributed by atoms with Crippen molar-refractivity contribution in [1.82, 2.24) is 0 Å². The van der Waals surface area contributed by atoms with Crippen LogP contribution in [0.1, 0.15) is 29.8 Å². The van der Waals surface area contributed by atoms with Gasteiger partial charge in [-0.3, -0.25) is 4.79 Å². The fourth-order valence-corrected chi connectivity index (χ4v) is 1.23. The zero-order valence-corrected chi connectivity index (χ0v) is 8.86. The normalized spacial score (nSPS) is 10.4. The van der Waals surface area contributed by atoms with Gasteiger partial charge in [0.15, 0.2) is 0 Å². The van der Waals surface area contributed by atoms with Gasteiger partial charge in [0, 0.05) is 5.56 Å². The first kappa shape index (κ1) is 11.5. The summed E-state index contributed by atoms with van der Waals surface area (Å²) in [6.45, 7) is 3.63.